The summed E-state index contributed by atoms with van der Waals surface area (Å²) in [7, 11) is 0. The molecule has 0 aliphatic carbocycles. The SMILES string of the molecule is Cc1ccc(CON2CCC(C)C2)nc1. The van der Waals surface area contributed by atoms with Crippen molar-refractivity contribution in [1.29, 1.82) is 0 Å². The smallest absolute Gasteiger partial charge is 0.111 e. The molecule has 1 aromatic rings. The molecule has 1 aliphatic heterocycles. The summed E-state index contributed by atoms with van der Waals surface area (Å²) >= 11 is 0. The number of aromatic nitrogens is 1. The molecular formula is C12H18N2O. The van der Waals surface area contributed by atoms with Crippen LogP contribution in [0, 0.1) is 12.8 Å². The standard InChI is InChI=1S/C12H18N2O/c1-10-3-4-12(13-7-10)9-15-14-6-5-11(2)8-14/h3-4,7,11H,5-6,8-9H2,1-2H3. The van der Waals surface area contributed by atoms with E-state index in [9.17, 15) is 0 Å². The predicted molar refractivity (Wildman–Crippen MR) is 59.1 cm³/mol. The zero-order valence-corrected chi connectivity index (χ0v) is 9.44. The van der Waals surface area contributed by atoms with Crippen LogP contribution in [0.5, 0.6) is 0 Å². The summed E-state index contributed by atoms with van der Waals surface area (Å²) in [4.78, 5) is 9.98. The molecule has 1 fully saturated rings. The van der Waals surface area contributed by atoms with Crippen LogP contribution in [-0.4, -0.2) is 23.1 Å². The molecule has 82 valence electrons. The Kier molecular flexibility index (Phi) is 3.34. The van der Waals surface area contributed by atoms with Crippen LogP contribution in [0.1, 0.15) is 24.6 Å². The van der Waals surface area contributed by atoms with E-state index < -0.39 is 0 Å². The van der Waals surface area contributed by atoms with Crippen LogP contribution in [-0.2, 0) is 11.4 Å². The number of aryl methyl sites for hydroxylation is 1. The summed E-state index contributed by atoms with van der Waals surface area (Å²) in [6.07, 6.45) is 3.12. The molecule has 1 aromatic heterocycles. The monoisotopic (exact) mass is 206 g/mol. The van der Waals surface area contributed by atoms with Crippen LogP contribution >= 0.6 is 0 Å². The summed E-state index contributed by atoms with van der Waals surface area (Å²) in [5.74, 6) is 0.760. The van der Waals surface area contributed by atoms with E-state index in [0.717, 1.165) is 24.7 Å². The zero-order chi connectivity index (χ0) is 10.7. The van der Waals surface area contributed by atoms with Crippen molar-refractivity contribution >= 4 is 0 Å². The third kappa shape index (κ3) is 3.01. The molecule has 0 saturated carbocycles. The lowest BCUT2D eigenvalue weighted by molar-refractivity contribution is -0.156. The Bertz CT molecular complexity index is 310. The van der Waals surface area contributed by atoms with E-state index in [1.165, 1.54) is 12.0 Å². The summed E-state index contributed by atoms with van der Waals surface area (Å²) < 4.78 is 0. The van der Waals surface area contributed by atoms with Crippen LogP contribution in [0.25, 0.3) is 0 Å². The summed E-state index contributed by atoms with van der Waals surface area (Å²) in [6, 6.07) is 4.09. The minimum atomic E-state index is 0.590. The molecule has 0 radical (unpaired) electrons. The third-order valence-electron chi connectivity index (χ3n) is 2.75. The molecule has 1 aliphatic rings. The number of pyridine rings is 1. The van der Waals surface area contributed by atoms with Crippen LogP contribution in [0.4, 0.5) is 0 Å². The first-order valence-corrected chi connectivity index (χ1v) is 5.53. The highest BCUT2D eigenvalue weighted by Gasteiger charge is 2.18. The summed E-state index contributed by atoms with van der Waals surface area (Å²) in [6.45, 7) is 6.99. The van der Waals surface area contributed by atoms with Gasteiger partial charge >= 0.3 is 0 Å². The summed E-state index contributed by atoms with van der Waals surface area (Å²) in [5, 5.41) is 2.05. The molecule has 0 N–H and O–H groups in total. The van der Waals surface area contributed by atoms with E-state index in [2.05, 4.69) is 18.0 Å². The van der Waals surface area contributed by atoms with E-state index in [1.807, 2.05) is 24.3 Å². The maximum absolute atomic E-state index is 5.67. The van der Waals surface area contributed by atoms with Gasteiger partial charge in [-0.2, -0.15) is 5.06 Å². The van der Waals surface area contributed by atoms with Crippen molar-refractivity contribution in [3.63, 3.8) is 0 Å². The molecule has 15 heavy (non-hydrogen) atoms. The van der Waals surface area contributed by atoms with Crippen LogP contribution < -0.4 is 0 Å². The highest BCUT2D eigenvalue weighted by Crippen LogP contribution is 2.15. The molecule has 3 nitrogen and oxygen atoms in total. The maximum Gasteiger partial charge on any atom is 0.111 e. The van der Waals surface area contributed by atoms with E-state index in [-0.39, 0.29) is 0 Å². The minimum absolute atomic E-state index is 0.590. The number of hydrogen-bond donors (Lipinski definition) is 0. The van der Waals surface area contributed by atoms with Gasteiger partial charge in [0.15, 0.2) is 0 Å². The van der Waals surface area contributed by atoms with Crippen molar-refractivity contribution in [2.75, 3.05) is 13.1 Å². The second-order valence-corrected chi connectivity index (χ2v) is 4.38. The molecule has 0 spiro atoms. The van der Waals surface area contributed by atoms with Gasteiger partial charge in [-0.15, -0.1) is 0 Å². The fourth-order valence-corrected chi connectivity index (χ4v) is 1.75. The summed E-state index contributed by atoms with van der Waals surface area (Å²) in [5.41, 5.74) is 2.19. The molecule has 0 amide bonds. The van der Waals surface area contributed by atoms with Crippen molar-refractivity contribution in [1.82, 2.24) is 10.0 Å². The fourth-order valence-electron chi connectivity index (χ4n) is 1.75. The molecule has 1 unspecified atom stereocenters. The zero-order valence-electron chi connectivity index (χ0n) is 9.44. The van der Waals surface area contributed by atoms with Crippen LogP contribution in [0.3, 0.4) is 0 Å². The van der Waals surface area contributed by atoms with Crippen molar-refractivity contribution < 1.29 is 4.84 Å². The Morgan fingerprint density at radius 1 is 1.53 bits per heavy atom. The van der Waals surface area contributed by atoms with Gasteiger partial charge in [-0.1, -0.05) is 13.0 Å². The van der Waals surface area contributed by atoms with E-state index in [4.69, 9.17) is 4.84 Å². The highest BCUT2D eigenvalue weighted by molar-refractivity contribution is 5.11. The Labute approximate surface area is 91.0 Å². The number of nitrogens with zero attached hydrogens (tertiary/aromatic N) is 2. The van der Waals surface area contributed by atoms with Crippen LogP contribution in [0.15, 0.2) is 18.3 Å². The van der Waals surface area contributed by atoms with Crippen LogP contribution in [0.2, 0.25) is 0 Å². The molecule has 1 atom stereocenters. The quantitative estimate of drug-likeness (QED) is 0.757. The van der Waals surface area contributed by atoms with E-state index in [1.54, 1.807) is 0 Å². The second-order valence-electron chi connectivity index (χ2n) is 4.38. The Morgan fingerprint density at radius 2 is 2.40 bits per heavy atom. The molecule has 2 rings (SSSR count). The van der Waals surface area contributed by atoms with Gasteiger partial charge in [0.05, 0.1) is 5.69 Å². The number of hydrogen-bond acceptors (Lipinski definition) is 3. The molecule has 2 heterocycles. The predicted octanol–water partition coefficient (Wildman–Crippen LogP) is 2.16. The van der Waals surface area contributed by atoms with Crippen molar-refractivity contribution in [3.8, 4) is 0 Å². The molecule has 0 bridgehead atoms. The van der Waals surface area contributed by atoms with Crippen molar-refractivity contribution in [3.05, 3.63) is 29.6 Å². The molecule has 3 heteroatoms. The third-order valence-corrected chi connectivity index (χ3v) is 2.75. The second kappa shape index (κ2) is 4.73. The maximum atomic E-state index is 5.67. The number of hydroxylamine groups is 2. The van der Waals surface area contributed by atoms with Crippen molar-refractivity contribution in [2.45, 2.75) is 26.9 Å². The normalized spacial score (nSPS) is 22.1. The fraction of sp³-hybridized carbons (Fsp3) is 0.583. The van der Waals surface area contributed by atoms with Gasteiger partial charge in [0, 0.05) is 19.3 Å². The van der Waals surface area contributed by atoms with Gasteiger partial charge in [-0.25, -0.2) is 0 Å². The van der Waals surface area contributed by atoms with Gasteiger partial charge in [0.1, 0.15) is 6.61 Å². The van der Waals surface area contributed by atoms with Gasteiger partial charge in [0.2, 0.25) is 0 Å². The average Bonchev–Trinajstić information content (AvgIpc) is 2.64. The van der Waals surface area contributed by atoms with Gasteiger partial charge in [-0.05, 0) is 30.9 Å². The van der Waals surface area contributed by atoms with E-state index >= 15 is 0 Å². The highest BCUT2D eigenvalue weighted by atomic mass is 16.7. The van der Waals surface area contributed by atoms with E-state index in [0.29, 0.717) is 6.61 Å². The first-order chi connectivity index (χ1) is 7.24. The molecule has 0 aromatic carbocycles. The molecule has 1 saturated heterocycles. The minimum Gasteiger partial charge on any atom is -0.293 e. The lowest BCUT2D eigenvalue weighted by Gasteiger charge is -2.14. The first-order valence-electron chi connectivity index (χ1n) is 5.53. The molecular weight excluding hydrogens is 188 g/mol. The lowest BCUT2D eigenvalue weighted by Crippen LogP contribution is -2.20. The first kappa shape index (κ1) is 10.6. The van der Waals surface area contributed by atoms with Gasteiger partial charge in [0.25, 0.3) is 0 Å². The Morgan fingerprint density at radius 3 is 3.00 bits per heavy atom. The lowest BCUT2D eigenvalue weighted by atomic mass is 10.2. The Balaban J connectivity index is 1.80. The van der Waals surface area contributed by atoms with Gasteiger partial charge in [-0.3, -0.25) is 9.82 Å². The van der Waals surface area contributed by atoms with Gasteiger partial charge < -0.3 is 0 Å². The van der Waals surface area contributed by atoms with Crippen molar-refractivity contribution in [2.24, 2.45) is 5.92 Å². The topological polar surface area (TPSA) is 25.4 Å². The average molecular weight is 206 g/mol. The number of rotatable bonds is 3. The largest absolute Gasteiger partial charge is 0.293 e. The Hall–Kier alpha value is -0.930.